The van der Waals surface area contributed by atoms with Crippen molar-refractivity contribution in [3.05, 3.63) is 107 Å². The van der Waals surface area contributed by atoms with Crippen LogP contribution in [-0.2, 0) is 27.5 Å². The predicted molar refractivity (Wildman–Crippen MR) is 161 cm³/mol. The van der Waals surface area contributed by atoms with Gasteiger partial charge in [-0.25, -0.2) is 13.2 Å². The first kappa shape index (κ1) is 32.5. The summed E-state index contributed by atoms with van der Waals surface area (Å²) in [6, 6.07) is 20.2. The Bertz CT molecular complexity index is 1760. The number of guanidine groups is 1. The van der Waals surface area contributed by atoms with Gasteiger partial charge < -0.3 is 10.1 Å². The SMILES string of the molecule is CC(C)(C)OC(=O)N(C(=N)NCc1cnc(-c2ccc(C(F)(F)F)cc2)c(-c2ccc(Cl)cc2)c1)S(=O)(=O)c1ccccc1. The van der Waals surface area contributed by atoms with Crippen molar-refractivity contribution in [3.8, 4) is 22.4 Å². The van der Waals surface area contributed by atoms with Crippen molar-refractivity contribution in [2.24, 2.45) is 0 Å². The van der Waals surface area contributed by atoms with E-state index in [4.69, 9.17) is 21.7 Å². The zero-order valence-electron chi connectivity index (χ0n) is 23.8. The average molecular weight is 645 g/mol. The molecule has 3 aromatic carbocycles. The third-order valence-corrected chi connectivity index (χ3v) is 8.02. The molecule has 0 saturated heterocycles. The molecule has 0 fully saturated rings. The molecule has 4 rings (SSSR count). The van der Waals surface area contributed by atoms with E-state index in [1.165, 1.54) is 42.6 Å². The van der Waals surface area contributed by atoms with E-state index in [2.05, 4.69) is 10.3 Å². The van der Waals surface area contributed by atoms with E-state index < -0.39 is 39.4 Å². The van der Waals surface area contributed by atoms with E-state index >= 15 is 0 Å². The maximum Gasteiger partial charge on any atom is 0.431 e. The van der Waals surface area contributed by atoms with E-state index in [1.54, 1.807) is 57.2 Å². The van der Waals surface area contributed by atoms with Gasteiger partial charge in [0, 0.05) is 28.9 Å². The zero-order valence-corrected chi connectivity index (χ0v) is 25.4. The number of amides is 1. The Balaban J connectivity index is 1.67. The molecule has 0 spiro atoms. The van der Waals surface area contributed by atoms with Gasteiger partial charge in [0.1, 0.15) is 5.60 Å². The van der Waals surface area contributed by atoms with Crippen LogP contribution >= 0.6 is 11.6 Å². The number of halogens is 4. The minimum atomic E-state index is -4.52. The average Bonchev–Trinajstić information content (AvgIpc) is 2.95. The number of alkyl halides is 3. The summed E-state index contributed by atoms with van der Waals surface area (Å²) in [5, 5.41) is 11.7. The van der Waals surface area contributed by atoms with E-state index in [9.17, 15) is 26.4 Å². The molecule has 4 aromatic rings. The number of ether oxygens (including phenoxy) is 1. The highest BCUT2D eigenvalue weighted by molar-refractivity contribution is 7.90. The van der Waals surface area contributed by atoms with Crippen molar-refractivity contribution in [1.29, 1.82) is 5.41 Å². The Hall–Kier alpha value is -4.42. The van der Waals surface area contributed by atoms with Gasteiger partial charge >= 0.3 is 12.3 Å². The van der Waals surface area contributed by atoms with Crippen LogP contribution in [0.15, 0.2) is 96.0 Å². The van der Waals surface area contributed by atoms with Crippen molar-refractivity contribution < 1.29 is 31.1 Å². The van der Waals surface area contributed by atoms with Gasteiger partial charge in [-0.05, 0) is 74.4 Å². The molecule has 1 amide bonds. The topological polar surface area (TPSA) is 112 Å². The molecule has 0 aliphatic heterocycles. The maximum absolute atomic E-state index is 13.4. The van der Waals surface area contributed by atoms with E-state index in [0.29, 0.717) is 33.0 Å². The van der Waals surface area contributed by atoms with Crippen LogP contribution in [0, 0.1) is 5.41 Å². The molecule has 0 atom stereocenters. The highest BCUT2D eigenvalue weighted by Gasteiger charge is 2.36. The maximum atomic E-state index is 13.4. The van der Waals surface area contributed by atoms with E-state index in [-0.39, 0.29) is 15.7 Å². The fourth-order valence-electron chi connectivity index (χ4n) is 4.07. The Morgan fingerprint density at radius 2 is 1.55 bits per heavy atom. The summed E-state index contributed by atoms with van der Waals surface area (Å²) in [5.74, 6) is -0.761. The number of hydrogen-bond acceptors (Lipinski definition) is 6. The summed E-state index contributed by atoms with van der Waals surface area (Å²) in [6.07, 6.45) is -4.32. The number of benzene rings is 3. The molecule has 13 heteroatoms. The minimum absolute atomic E-state index is 0.136. The molecule has 44 heavy (non-hydrogen) atoms. The Labute approximate surface area is 258 Å². The number of aromatic nitrogens is 1. The first-order chi connectivity index (χ1) is 20.6. The van der Waals surface area contributed by atoms with Gasteiger partial charge in [0.2, 0.25) is 5.96 Å². The van der Waals surface area contributed by atoms with E-state index in [1.807, 2.05) is 0 Å². The second-order valence-corrected chi connectivity index (χ2v) is 12.8. The number of rotatable bonds is 6. The number of sulfonamides is 1. The molecule has 230 valence electrons. The molecule has 8 nitrogen and oxygen atoms in total. The van der Waals surface area contributed by atoms with Gasteiger partial charge in [-0.3, -0.25) is 10.4 Å². The van der Waals surface area contributed by atoms with Crippen LogP contribution in [0.3, 0.4) is 0 Å². The van der Waals surface area contributed by atoms with Gasteiger partial charge in [0.15, 0.2) is 0 Å². The summed E-state index contributed by atoms with van der Waals surface area (Å²) in [5.41, 5.74) is 0.671. The number of nitrogens with one attached hydrogen (secondary N) is 2. The highest BCUT2D eigenvalue weighted by Crippen LogP contribution is 2.35. The molecule has 2 N–H and O–H groups in total. The Morgan fingerprint density at radius 1 is 0.955 bits per heavy atom. The molecule has 0 saturated carbocycles. The summed E-state index contributed by atoms with van der Waals surface area (Å²) in [6.45, 7) is 4.57. The fraction of sp³-hybridized carbons (Fsp3) is 0.194. The van der Waals surface area contributed by atoms with Crippen LogP contribution in [0.5, 0.6) is 0 Å². The first-order valence-corrected chi connectivity index (χ1v) is 15.0. The largest absolute Gasteiger partial charge is 0.443 e. The number of nitrogens with zero attached hydrogens (tertiary/aromatic N) is 2. The van der Waals surface area contributed by atoms with Gasteiger partial charge in [0.05, 0.1) is 16.2 Å². The minimum Gasteiger partial charge on any atom is -0.443 e. The van der Waals surface area contributed by atoms with Crippen LogP contribution in [-0.4, -0.2) is 35.4 Å². The smallest absolute Gasteiger partial charge is 0.431 e. The van der Waals surface area contributed by atoms with E-state index in [0.717, 1.165) is 12.1 Å². The van der Waals surface area contributed by atoms with Crippen LogP contribution in [0.4, 0.5) is 18.0 Å². The van der Waals surface area contributed by atoms with Crippen molar-refractivity contribution in [2.45, 2.75) is 44.0 Å². The van der Waals surface area contributed by atoms with Crippen LogP contribution in [0.2, 0.25) is 5.02 Å². The summed E-state index contributed by atoms with van der Waals surface area (Å²) >= 11 is 6.06. The normalized spacial score (nSPS) is 12.0. The molecule has 1 aromatic heterocycles. The molecular formula is C31H28ClF3N4O4S. The summed E-state index contributed by atoms with van der Waals surface area (Å²) in [4.78, 5) is 17.3. The van der Waals surface area contributed by atoms with Crippen LogP contribution in [0.25, 0.3) is 22.4 Å². The Morgan fingerprint density at radius 3 is 2.11 bits per heavy atom. The zero-order chi connectivity index (χ0) is 32.3. The lowest BCUT2D eigenvalue weighted by atomic mass is 9.97. The van der Waals surface area contributed by atoms with Gasteiger partial charge in [-0.1, -0.05) is 54.1 Å². The van der Waals surface area contributed by atoms with Crippen LogP contribution < -0.4 is 5.32 Å². The molecule has 0 radical (unpaired) electrons. The number of pyridine rings is 1. The molecule has 0 bridgehead atoms. The standard InChI is InChI=1S/C31H28ClF3N4O4S/c1-30(2,3)43-29(40)39(44(41,42)25-7-5-4-6-8-25)28(36)38-19-20-17-26(21-11-15-24(32)16-12-21)27(37-18-20)22-9-13-23(14-10-22)31(33,34)35/h4-18H,19H2,1-3H3,(H2,36,38). The predicted octanol–water partition coefficient (Wildman–Crippen LogP) is 7.74. The van der Waals surface area contributed by atoms with Gasteiger partial charge in [-0.2, -0.15) is 13.2 Å². The number of carbonyl (C=O) groups is 1. The summed E-state index contributed by atoms with van der Waals surface area (Å²) in [7, 11) is -4.52. The molecule has 0 aliphatic rings. The highest BCUT2D eigenvalue weighted by atomic mass is 35.5. The second kappa shape index (κ2) is 12.7. The molecule has 0 unspecified atom stereocenters. The quantitative estimate of drug-likeness (QED) is 0.164. The van der Waals surface area contributed by atoms with Crippen molar-refractivity contribution in [3.63, 3.8) is 0 Å². The first-order valence-electron chi connectivity index (χ1n) is 13.1. The lowest BCUT2D eigenvalue weighted by molar-refractivity contribution is -0.137. The Kier molecular flexibility index (Phi) is 9.36. The summed E-state index contributed by atoms with van der Waals surface area (Å²) < 4.78 is 71.8. The van der Waals surface area contributed by atoms with Gasteiger partial charge in [0.25, 0.3) is 10.0 Å². The second-order valence-electron chi connectivity index (χ2n) is 10.6. The number of carbonyl (C=O) groups excluding carboxylic acids is 1. The monoisotopic (exact) mass is 644 g/mol. The molecule has 1 heterocycles. The van der Waals surface area contributed by atoms with Crippen LogP contribution in [0.1, 0.15) is 31.9 Å². The van der Waals surface area contributed by atoms with Crippen molar-refractivity contribution in [1.82, 2.24) is 14.6 Å². The van der Waals surface area contributed by atoms with Gasteiger partial charge in [-0.15, -0.1) is 4.31 Å². The number of hydrogen-bond donors (Lipinski definition) is 2. The fourth-order valence-corrected chi connectivity index (χ4v) is 5.45. The third-order valence-electron chi connectivity index (χ3n) is 6.09. The molecular weight excluding hydrogens is 617 g/mol. The lowest BCUT2D eigenvalue weighted by Crippen LogP contribution is -2.49. The lowest BCUT2D eigenvalue weighted by Gasteiger charge is -2.27. The van der Waals surface area contributed by atoms with Crippen molar-refractivity contribution >= 4 is 33.7 Å². The van der Waals surface area contributed by atoms with Crippen molar-refractivity contribution in [2.75, 3.05) is 0 Å². The molecule has 0 aliphatic carbocycles. The third kappa shape index (κ3) is 7.74.